The molecule has 3 heterocycles. The fourth-order valence-corrected chi connectivity index (χ4v) is 4.75. The molecule has 3 rings (SSSR count). The van der Waals surface area contributed by atoms with E-state index in [0.717, 1.165) is 11.3 Å². The Morgan fingerprint density at radius 3 is 2.82 bits per heavy atom. The number of aromatic nitrogens is 1. The quantitative estimate of drug-likeness (QED) is 0.295. The maximum Gasteiger partial charge on any atom is 0.352 e. The van der Waals surface area contributed by atoms with Crippen molar-refractivity contribution in [3.8, 4) is 0 Å². The third-order valence-corrected chi connectivity index (χ3v) is 6.03. The first-order valence-electron chi connectivity index (χ1n) is 7.91. The number of amides is 2. The van der Waals surface area contributed by atoms with Crippen LogP contribution in [0.1, 0.15) is 5.69 Å². The maximum absolute atomic E-state index is 12.6. The highest BCUT2D eigenvalue weighted by Gasteiger charge is 2.54. The molecule has 0 aromatic carbocycles. The first kappa shape index (κ1) is 20.1. The Bertz CT molecular complexity index is 882. The first-order chi connectivity index (χ1) is 13.4. The monoisotopic (exact) mass is 427 g/mol. The number of carboxylic acid groups (broad SMARTS) is 1. The number of hydrogen-bond donors (Lipinski definition) is 3. The smallest absolute Gasteiger partial charge is 0.352 e. The summed E-state index contributed by atoms with van der Waals surface area (Å²) in [6.07, 6.45) is 0. The average molecular weight is 427 g/mol. The van der Waals surface area contributed by atoms with E-state index in [1.807, 2.05) is 0 Å². The molecule has 28 heavy (non-hydrogen) atoms. The van der Waals surface area contributed by atoms with E-state index in [1.54, 1.807) is 5.38 Å². The number of fused-ring (bicyclic) bond motifs is 1. The highest BCUT2D eigenvalue weighted by molar-refractivity contribution is 8.00. The zero-order valence-electron chi connectivity index (χ0n) is 14.9. The number of carbonyl (C=O) groups excluding carboxylic acids is 2. The van der Waals surface area contributed by atoms with Gasteiger partial charge in [0.25, 0.3) is 11.8 Å². The van der Waals surface area contributed by atoms with Gasteiger partial charge in [-0.1, -0.05) is 5.16 Å². The molecule has 0 spiro atoms. The molecule has 13 heteroatoms. The number of nitrogens with zero attached hydrogens (tertiary/aromatic N) is 3. The van der Waals surface area contributed by atoms with Gasteiger partial charge in [-0.2, -0.15) is 0 Å². The van der Waals surface area contributed by atoms with E-state index in [-0.39, 0.29) is 28.8 Å². The summed E-state index contributed by atoms with van der Waals surface area (Å²) in [4.78, 5) is 46.7. The Morgan fingerprint density at radius 2 is 2.25 bits per heavy atom. The number of ether oxygens (including phenoxy) is 1. The van der Waals surface area contributed by atoms with Gasteiger partial charge in [-0.3, -0.25) is 14.5 Å². The molecular weight excluding hydrogens is 410 g/mol. The van der Waals surface area contributed by atoms with E-state index in [2.05, 4.69) is 15.5 Å². The number of thioether (sulfide) groups is 1. The van der Waals surface area contributed by atoms with Crippen LogP contribution in [-0.2, 0) is 24.0 Å². The summed E-state index contributed by atoms with van der Waals surface area (Å²) in [5.41, 5.74) is 6.09. The molecule has 0 unspecified atom stereocenters. The molecule has 0 saturated carbocycles. The number of aliphatic carboxylic acids is 1. The fourth-order valence-electron chi connectivity index (χ4n) is 2.87. The van der Waals surface area contributed by atoms with Gasteiger partial charge in [0, 0.05) is 18.2 Å². The van der Waals surface area contributed by atoms with Gasteiger partial charge in [-0.05, 0) is 5.57 Å². The van der Waals surface area contributed by atoms with Crippen molar-refractivity contribution in [2.24, 2.45) is 5.16 Å². The van der Waals surface area contributed by atoms with Crippen molar-refractivity contribution in [2.75, 3.05) is 32.3 Å². The molecule has 0 bridgehead atoms. The van der Waals surface area contributed by atoms with Gasteiger partial charge in [0.15, 0.2) is 10.8 Å². The number of methoxy groups -OCH3 is 1. The Kier molecular flexibility index (Phi) is 5.86. The van der Waals surface area contributed by atoms with Crippen LogP contribution in [0.3, 0.4) is 0 Å². The Morgan fingerprint density at radius 1 is 1.50 bits per heavy atom. The molecule has 1 aromatic rings. The lowest BCUT2D eigenvalue weighted by atomic mass is 10.0. The number of β-lactam (4-membered cyclic amide) rings is 1. The minimum Gasteiger partial charge on any atom is -0.477 e. The minimum atomic E-state index is -1.21. The number of carboxylic acids is 1. The summed E-state index contributed by atoms with van der Waals surface area (Å²) in [6.45, 7) is 0.109. The van der Waals surface area contributed by atoms with Crippen LogP contribution in [-0.4, -0.2) is 76.5 Å². The van der Waals surface area contributed by atoms with Crippen molar-refractivity contribution < 1.29 is 29.1 Å². The van der Waals surface area contributed by atoms with Gasteiger partial charge < -0.3 is 25.7 Å². The zero-order valence-corrected chi connectivity index (χ0v) is 16.5. The summed E-state index contributed by atoms with van der Waals surface area (Å²) in [5, 5.41) is 17.0. The molecule has 1 fully saturated rings. The molecule has 2 aliphatic heterocycles. The van der Waals surface area contributed by atoms with Gasteiger partial charge >= 0.3 is 5.97 Å². The summed E-state index contributed by atoms with van der Waals surface area (Å²) >= 11 is 2.47. The van der Waals surface area contributed by atoms with Crippen LogP contribution in [0.2, 0.25) is 0 Å². The number of nitrogens with two attached hydrogens (primary N) is 1. The van der Waals surface area contributed by atoms with Gasteiger partial charge in [-0.15, -0.1) is 23.1 Å². The van der Waals surface area contributed by atoms with Crippen LogP contribution in [0.4, 0.5) is 5.13 Å². The highest BCUT2D eigenvalue weighted by Crippen LogP contribution is 2.40. The largest absolute Gasteiger partial charge is 0.477 e. The second-order valence-corrected chi connectivity index (χ2v) is 7.74. The van der Waals surface area contributed by atoms with Crippen molar-refractivity contribution in [3.05, 3.63) is 22.3 Å². The van der Waals surface area contributed by atoms with Gasteiger partial charge in [0.2, 0.25) is 0 Å². The molecule has 150 valence electrons. The van der Waals surface area contributed by atoms with Crippen molar-refractivity contribution in [1.82, 2.24) is 15.2 Å². The van der Waals surface area contributed by atoms with Crippen molar-refractivity contribution in [1.29, 1.82) is 0 Å². The maximum atomic E-state index is 12.6. The minimum absolute atomic E-state index is 0.0980. The number of carbonyl (C=O) groups is 3. The molecule has 2 aliphatic rings. The van der Waals surface area contributed by atoms with Crippen molar-refractivity contribution in [3.63, 3.8) is 0 Å². The summed E-state index contributed by atoms with van der Waals surface area (Å²) in [5.74, 6) is -2.03. The molecule has 11 nitrogen and oxygen atoms in total. The van der Waals surface area contributed by atoms with Gasteiger partial charge in [0.1, 0.15) is 29.9 Å². The van der Waals surface area contributed by atoms with Crippen LogP contribution in [0.5, 0.6) is 0 Å². The van der Waals surface area contributed by atoms with Crippen molar-refractivity contribution in [2.45, 2.75) is 11.4 Å². The number of oxime groups is 1. The number of hydrogen-bond acceptors (Lipinski definition) is 10. The molecule has 2 amide bonds. The number of thiazole rings is 1. The topological polar surface area (TPSA) is 156 Å². The van der Waals surface area contributed by atoms with Crippen molar-refractivity contribution >= 4 is 51.7 Å². The lowest BCUT2D eigenvalue weighted by Gasteiger charge is -2.49. The summed E-state index contributed by atoms with van der Waals surface area (Å²) in [6, 6.07) is -0.894. The number of rotatable bonds is 7. The van der Waals surface area contributed by atoms with Crippen LogP contribution in [0.25, 0.3) is 0 Å². The predicted molar refractivity (Wildman–Crippen MR) is 102 cm³/mol. The predicted octanol–water partition coefficient (Wildman–Crippen LogP) is -0.539. The lowest BCUT2D eigenvalue weighted by Crippen LogP contribution is -2.71. The zero-order chi connectivity index (χ0) is 20.4. The van der Waals surface area contributed by atoms with Gasteiger partial charge in [0.05, 0.1) is 6.61 Å². The number of nitrogens with one attached hydrogen (secondary N) is 1. The van der Waals surface area contributed by atoms with Crippen LogP contribution in [0, 0.1) is 0 Å². The van der Waals surface area contributed by atoms with Gasteiger partial charge in [-0.25, -0.2) is 9.78 Å². The van der Waals surface area contributed by atoms with E-state index in [0.29, 0.717) is 11.3 Å². The fraction of sp³-hybridized carbons (Fsp3) is 0.400. The Hall–Kier alpha value is -2.64. The van der Waals surface area contributed by atoms with E-state index in [4.69, 9.17) is 15.3 Å². The molecule has 1 aromatic heterocycles. The summed E-state index contributed by atoms with van der Waals surface area (Å²) in [7, 11) is 2.73. The highest BCUT2D eigenvalue weighted by atomic mass is 32.2. The van der Waals surface area contributed by atoms with E-state index >= 15 is 0 Å². The van der Waals surface area contributed by atoms with Crippen LogP contribution < -0.4 is 11.1 Å². The third-order valence-electron chi connectivity index (χ3n) is 4.02. The molecule has 2 atom stereocenters. The average Bonchev–Trinajstić information content (AvgIpc) is 3.09. The molecule has 0 radical (unpaired) electrons. The normalized spacial score (nSPS) is 21.9. The Labute approximate surface area is 167 Å². The first-order valence-corrected chi connectivity index (χ1v) is 9.84. The third kappa shape index (κ3) is 3.55. The molecule has 1 saturated heterocycles. The van der Waals surface area contributed by atoms with Crippen LogP contribution >= 0.6 is 23.1 Å². The van der Waals surface area contributed by atoms with E-state index in [9.17, 15) is 19.5 Å². The summed E-state index contributed by atoms with van der Waals surface area (Å²) < 4.78 is 5.02. The molecule has 0 aliphatic carbocycles. The van der Waals surface area contributed by atoms with E-state index in [1.165, 1.54) is 30.9 Å². The Balaban J connectivity index is 1.78. The van der Waals surface area contributed by atoms with Crippen LogP contribution in [0.15, 0.2) is 21.8 Å². The number of anilines is 1. The second kappa shape index (κ2) is 8.16. The number of nitrogen functional groups attached to an aromatic ring is 1. The second-order valence-electron chi connectivity index (χ2n) is 5.74. The van der Waals surface area contributed by atoms with E-state index < -0.39 is 29.2 Å². The lowest BCUT2D eigenvalue weighted by molar-refractivity contribution is -0.150. The molecular formula is C15H17N5O6S2. The SMILES string of the molecule is COCC1=C(C(=O)O)N2C(=O)[C@H](NC(=O)/C(=N\OC)c3csc(N)n3)[C@@H]2SC1. The molecule has 4 N–H and O–H groups in total. The standard InChI is InChI=1S/C15H17N5O6S2/c1-25-3-6-4-27-13-9(12(22)20(13)10(6)14(23)24)18-11(21)8(19-26-2)7-5-28-15(16)17-7/h5,9,13H,3-4H2,1-2H3,(H2,16,17)(H,18,21)(H,23,24)/b19-8-/t9-,13-/m0/s1.